The summed E-state index contributed by atoms with van der Waals surface area (Å²) in [5.74, 6) is -3.08. The van der Waals surface area contributed by atoms with Crippen LogP contribution in [-0.4, -0.2) is 72.4 Å². The van der Waals surface area contributed by atoms with Crippen molar-refractivity contribution < 1.29 is 40.6 Å². The van der Waals surface area contributed by atoms with Gasteiger partial charge in [-0.05, 0) is 56.3 Å². The molecule has 3 aliphatic rings. The summed E-state index contributed by atoms with van der Waals surface area (Å²) in [7, 11) is 1.28. The summed E-state index contributed by atoms with van der Waals surface area (Å²) in [6.45, 7) is 1.39. The third kappa shape index (κ3) is 5.73. The Bertz CT molecular complexity index is 2050. The molecule has 1 unspecified atom stereocenters. The first-order valence-electron chi connectivity index (χ1n) is 16.2. The summed E-state index contributed by atoms with van der Waals surface area (Å²) >= 11 is 0.677. The van der Waals surface area contributed by atoms with Crippen LogP contribution in [-0.2, 0) is 15.7 Å². The lowest BCUT2D eigenvalue weighted by molar-refractivity contribution is -0.145. The average molecular weight is 719 g/mol. The minimum absolute atomic E-state index is 0.0177. The van der Waals surface area contributed by atoms with Gasteiger partial charge >= 0.3 is 18.2 Å². The number of hydrogen-bond donors (Lipinski definition) is 1. The largest absolute Gasteiger partial charge is 0.469 e. The molecule has 50 heavy (non-hydrogen) atoms. The SMILES string of the molecule is COC(=O)C1CCCN(c2nc(OC[C@@]34CCCN3C[C@H](F)C4)nc3c(F)c(-c4ccc(F)c5sc(N)c(C#N)c45)c(C(F)(F)F)cc23)CC1. The van der Waals surface area contributed by atoms with E-state index in [1.54, 1.807) is 4.90 Å². The van der Waals surface area contributed by atoms with E-state index in [-0.39, 0.29) is 76.1 Å². The van der Waals surface area contributed by atoms with Gasteiger partial charge in [-0.2, -0.15) is 28.4 Å². The Hall–Kier alpha value is -4.36. The van der Waals surface area contributed by atoms with E-state index in [0.29, 0.717) is 43.6 Å². The van der Waals surface area contributed by atoms with Gasteiger partial charge in [0.05, 0.1) is 34.4 Å². The monoisotopic (exact) mass is 718 g/mol. The molecule has 0 saturated carbocycles. The minimum atomic E-state index is -5.11. The lowest BCUT2D eigenvalue weighted by Crippen LogP contribution is -2.43. The molecule has 3 fully saturated rings. The summed E-state index contributed by atoms with van der Waals surface area (Å²) in [6.07, 6.45) is -3.20. The normalized spacial score (nSPS) is 22.9. The molecule has 16 heteroatoms. The molecule has 0 amide bonds. The number of esters is 1. The second-order valence-electron chi connectivity index (χ2n) is 13.1. The Morgan fingerprint density at radius 3 is 2.72 bits per heavy atom. The number of nitrogen functional groups attached to an aromatic ring is 1. The predicted octanol–water partition coefficient (Wildman–Crippen LogP) is 7.00. The Morgan fingerprint density at radius 2 is 1.98 bits per heavy atom. The number of nitrogens with zero attached hydrogens (tertiary/aromatic N) is 5. The van der Waals surface area contributed by atoms with Gasteiger partial charge in [-0.25, -0.2) is 13.2 Å². The van der Waals surface area contributed by atoms with Crippen molar-refractivity contribution in [3.63, 3.8) is 0 Å². The smallest absolute Gasteiger partial charge is 0.417 e. The Balaban J connectivity index is 1.43. The van der Waals surface area contributed by atoms with Gasteiger partial charge in [0.25, 0.3) is 0 Å². The molecule has 9 nitrogen and oxygen atoms in total. The standard InChI is InChI=1S/C34H32F6N6O3S/c1-48-31(47)17-4-2-9-45(11-7-17)30-20-12-22(34(38,39)40)25(19-5-6-23(36)28-24(19)21(14-41)29(42)50-28)26(37)27(20)43-32(44-30)49-16-33-8-3-10-46(33)15-18(35)13-33/h5-6,12,17-18H,2-4,7-11,13,15-16,42H2,1H3/t17?,18-,33+/m1/s1. The van der Waals surface area contributed by atoms with Crippen LogP contribution in [0.5, 0.6) is 6.01 Å². The van der Waals surface area contributed by atoms with E-state index < -0.39 is 58.1 Å². The summed E-state index contributed by atoms with van der Waals surface area (Å²) in [4.78, 5) is 24.9. The molecule has 2 N–H and O–H groups in total. The van der Waals surface area contributed by atoms with Gasteiger partial charge in [-0.1, -0.05) is 6.07 Å². The second-order valence-corrected chi connectivity index (χ2v) is 14.1. The fraction of sp³-hybridized carbons (Fsp3) is 0.471. The van der Waals surface area contributed by atoms with Crippen LogP contribution in [0.2, 0.25) is 0 Å². The van der Waals surface area contributed by atoms with Gasteiger partial charge in [0.2, 0.25) is 0 Å². The van der Waals surface area contributed by atoms with E-state index in [1.165, 1.54) is 7.11 Å². The first-order chi connectivity index (χ1) is 23.8. The van der Waals surface area contributed by atoms with Crippen molar-refractivity contribution in [2.24, 2.45) is 5.92 Å². The maximum Gasteiger partial charge on any atom is 0.417 e. The lowest BCUT2D eigenvalue weighted by Gasteiger charge is -2.31. The van der Waals surface area contributed by atoms with Crippen LogP contribution in [0.3, 0.4) is 0 Å². The number of methoxy groups -OCH3 is 1. The summed E-state index contributed by atoms with van der Waals surface area (Å²) in [5.41, 5.74) is 1.87. The number of nitrogens with two attached hydrogens (primary N) is 1. The van der Waals surface area contributed by atoms with Gasteiger partial charge in [0.1, 0.15) is 41.0 Å². The van der Waals surface area contributed by atoms with Crippen LogP contribution in [0.4, 0.5) is 37.2 Å². The zero-order valence-electron chi connectivity index (χ0n) is 26.9. The van der Waals surface area contributed by atoms with Gasteiger partial charge in [-0.3, -0.25) is 9.69 Å². The molecule has 2 aromatic heterocycles. The van der Waals surface area contributed by atoms with E-state index in [4.69, 9.17) is 15.2 Å². The third-order valence-electron chi connectivity index (χ3n) is 10.2. The minimum Gasteiger partial charge on any atom is -0.469 e. The van der Waals surface area contributed by atoms with E-state index in [0.717, 1.165) is 24.6 Å². The fourth-order valence-corrected chi connectivity index (χ4v) is 8.80. The molecule has 0 spiro atoms. The van der Waals surface area contributed by atoms with Crippen LogP contribution < -0.4 is 15.4 Å². The molecule has 0 bridgehead atoms. The Labute approximate surface area is 286 Å². The summed E-state index contributed by atoms with van der Waals surface area (Å²) in [5, 5.41) is 9.19. The molecule has 7 rings (SSSR count). The van der Waals surface area contributed by atoms with Gasteiger partial charge < -0.3 is 20.1 Å². The zero-order chi connectivity index (χ0) is 35.5. The average Bonchev–Trinajstić information content (AvgIpc) is 3.65. The number of carbonyl (C=O) groups excluding carboxylic acids is 1. The predicted molar refractivity (Wildman–Crippen MR) is 175 cm³/mol. The molecule has 0 aliphatic carbocycles. The third-order valence-corrected chi connectivity index (χ3v) is 11.2. The number of ether oxygens (including phenoxy) is 2. The number of rotatable bonds is 6. The number of alkyl halides is 4. The van der Waals surface area contributed by atoms with Crippen LogP contribution in [0.1, 0.15) is 49.7 Å². The van der Waals surface area contributed by atoms with Crippen molar-refractivity contribution in [3.05, 3.63) is 41.0 Å². The van der Waals surface area contributed by atoms with Crippen molar-refractivity contribution >= 4 is 49.1 Å². The number of halogens is 6. The van der Waals surface area contributed by atoms with Crippen molar-refractivity contribution in [2.75, 3.05) is 50.5 Å². The maximum atomic E-state index is 17.1. The molecular formula is C34H32F6N6O3S. The Morgan fingerprint density at radius 1 is 1.18 bits per heavy atom. The highest BCUT2D eigenvalue weighted by Crippen LogP contribution is 2.48. The van der Waals surface area contributed by atoms with Crippen molar-refractivity contribution in [1.29, 1.82) is 5.26 Å². The molecular weight excluding hydrogens is 686 g/mol. The molecule has 3 atom stereocenters. The summed E-state index contributed by atoms with van der Waals surface area (Å²) in [6, 6.07) is 4.16. The number of fused-ring (bicyclic) bond motifs is 3. The number of aromatic nitrogens is 2. The van der Waals surface area contributed by atoms with Crippen LogP contribution in [0, 0.1) is 28.9 Å². The quantitative estimate of drug-likeness (QED) is 0.166. The molecule has 0 radical (unpaired) electrons. The van der Waals surface area contributed by atoms with Crippen LogP contribution >= 0.6 is 11.3 Å². The second kappa shape index (κ2) is 12.8. The van der Waals surface area contributed by atoms with Crippen molar-refractivity contribution in [2.45, 2.75) is 56.4 Å². The van der Waals surface area contributed by atoms with Crippen LogP contribution in [0.25, 0.3) is 32.1 Å². The van der Waals surface area contributed by atoms with Crippen LogP contribution in [0.15, 0.2) is 18.2 Å². The molecule has 264 valence electrons. The van der Waals surface area contributed by atoms with Gasteiger partial charge in [0, 0.05) is 42.4 Å². The molecule has 3 saturated heterocycles. The summed E-state index contributed by atoms with van der Waals surface area (Å²) < 4.78 is 102. The highest BCUT2D eigenvalue weighted by atomic mass is 32.1. The fourth-order valence-electron chi connectivity index (χ4n) is 7.85. The van der Waals surface area contributed by atoms with Crippen molar-refractivity contribution in [1.82, 2.24) is 14.9 Å². The first-order valence-corrected chi connectivity index (χ1v) is 17.0. The number of anilines is 2. The number of hydrogen-bond acceptors (Lipinski definition) is 10. The van der Waals surface area contributed by atoms with E-state index in [1.807, 2.05) is 11.0 Å². The van der Waals surface area contributed by atoms with Gasteiger partial charge in [0.15, 0.2) is 5.82 Å². The molecule has 2 aromatic carbocycles. The maximum absolute atomic E-state index is 17.1. The highest BCUT2D eigenvalue weighted by Gasteiger charge is 2.49. The number of nitriles is 1. The zero-order valence-corrected chi connectivity index (χ0v) is 27.7. The van der Waals surface area contributed by atoms with Crippen molar-refractivity contribution in [3.8, 4) is 23.2 Å². The molecule has 3 aliphatic heterocycles. The number of thiophene rings is 1. The van der Waals surface area contributed by atoms with Gasteiger partial charge in [-0.15, -0.1) is 11.3 Å². The molecule has 5 heterocycles. The molecule has 4 aromatic rings. The van der Waals surface area contributed by atoms with E-state index in [9.17, 15) is 32.0 Å². The first kappa shape index (κ1) is 34.1. The highest BCUT2D eigenvalue weighted by molar-refractivity contribution is 7.23. The van der Waals surface area contributed by atoms with E-state index >= 15 is 4.39 Å². The lowest BCUT2D eigenvalue weighted by atomic mass is 9.92. The number of carbonyl (C=O) groups is 1. The topological polar surface area (TPSA) is 118 Å². The number of benzene rings is 2. The van der Waals surface area contributed by atoms with E-state index in [2.05, 4.69) is 9.97 Å². The Kier molecular flexibility index (Phi) is 8.70.